The van der Waals surface area contributed by atoms with E-state index in [4.69, 9.17) is 9.72 Å². The van der Waals surface area contributed by atoms with Crippen molar-refractivity contribution < 1.29 is 18.3 Å². The quantitative estimate of drug-likeness (QED) is 0.701. The number of fused-ring (bicyclic) bond motifs is 2. The summed E-state index contributed by atoms with van der Waals surface area (Å²) in [5, 5.41) is 0. The number of halogens is 2. The van der Waals surface area contributed by atoms with Gasteiger partial charge in [-0.2, -0.15) is 13.8 Å². The molecule has 3 fully saturated rings. The zero-order valence-corrected chi connectivity index (χ0v) is 17.0. The number of hydrogen-bond donors (Lipinski definition) is 0. The molecule has 0 amide bonds. The Kier molecular flexibility index (Phi) is 4.44. The molecule has 6 nitrogen and oxygen atoms in total. The fraction of sp³-hybridized carbons (Fsp3) is 0.762. The fourth-order valence-electron chi connectivity index (χ4n) is 5.36. The second kappa shape index (κ2) is 6.77. The minimum atomic E-state index is -2.89. The van der Waals surface area contributed by atoms with Gasteiger partial charge in [-0.15, -0.1) is 0 Å². The van der Waals surface area contributed by atoms with E-state index in [9.17, 15) is 13.6 Å². The highest BCUT2D eigenvalue weighted by Gasteiger charge is 2.57. The summed E-state index contributed by atoms with van der Waals surface area (Å²) in [5.74, 6) is -0.727. The Morgan fingerprint density at radius 3 is 2.59 bits per heavy atom. The van der Waals surface area contributed by atoms with Crippen molar-refractivity contribution in [1.82, 2.24) is 9.97 Å². The molecule has 0 spiro atoms. The Labute approximate surface area is 169 Å². The molecular weight excluding hydrogens is 378 g/mol. The number of nitrogens with zero attached hydrogens (tertiary/aromatic N) is 4. The molecule has 5 rings (SSSR count). The Hall–Kier alpha value is -1.99. The molecule has 0 N–H and O–H groups in total. The first-order chi connectivity index (χ1) is 13.9. The molecule has 158 valence electrons. The smallest absolute Gasteiger partial charge is 0.305 e. The molecular formula is C21H28F2N4O2. The summed E-state index contributed by atoms with van der Waals surface area (Å²) < 4.78 is 34.3. The summed E-state index contributed by atoms with van der Waals surface area (Å²) in [4.78, 5) is 24.9. The van der Waals surface area contributed by atoms with Crippen molar-refractivity contribution in [2.75, 3.05) is 37.0 Å². The lowest BCUT2D eigenvalue weighted by Crippen LogP contribution is -2.39. The molecule has 8 heteroatoms. The topological polar surface area (TPSA) is 58.6 Å². The predicted molar refractivity (Wildman–Crippen MR) is 104 cm³/mol. The molecule has 4 aliphatic rings. The van der Waals surface area contributed by atoms with Crippen LogP contribution in [0, 0.1) is 17.8 Å². The molecule has 1 saturated heterocycles. The second-order valence-electron chi connectivity index (χ2n) is 9.10. The summed E-state index contributed by atoms with van der Waals surface area (Å²) in [7, 11) is 3.34. The van der Waals surface area contributed by atoms with E-state index in [1.165, 1.54) is 13.5 Å². The van der Waals surface area contributed by atoms with E-state index in [1.807, 2.05) is 11.9 Å². The zero-order valence-electron chi connectivity index (χ0n) is 17.0. The summed E-state index contributed by atoms with van der Waals surface area (Å²) >= 11 is 0. The maximum absolute atomic E-state index is 14.8. The van der Waals surface area contributed by atoms with Crippen molar-refractivity contribution >= 4 is 17.7 Å². The van der Waals surface area contributed by atoms with E-state index >= 15 is 0 Å². The molecule has 2 saturated carbocycles. The van der Waals surface area contributed by atoms with Gasteiger partial charge in [0.25, 0.3) is 5.92 Å². The lowest BCUT2D eigenvalue weighted by molar-refractivity contribution is -0.141. The number of carbonyl (C=O) groups is 1. The van der Waals surface area contributed by atoms with Gasteiger partial charge in [0, 0.05) is 44.6 Å². The van der Waals surface area contributed by atoms with Crippen LogP contribution >= 0.6 is 0 Å². The van der Waals surface area contributed by atoms with Crippen LogP contribution in [0.1, 0.15) is 49.8 Å². The summed E-state index contributed by atoms with van der Waals surface area (Å²) in [6.45, 7) is 1.54. The van der Waals surface area contributed by atoms with Gasteiger partial charge >= 0.3 is 5.97 Å². The lowest BCUT2D eigenvalue weighted by Gasteiger charge is -2.37. The third-order valence-electron chi connectivity index (χ3n) is 7.48. The van der Waals surface area contributed by atoms with E-state index in [2.05, 4.69) is 9.88 Å². The number of esters is 1. The van der Waals surface area contributed by atoms with Crippen molar-refractivity contribution in [3.05, 3.63) is 11.3 Å². The highest BCUT2D eigenvalue weighted by atomic mass is 19.3. The fourth-order valence-corrected chi connectivity index (χ4v) is 5.36. The molecule has 1 aromatic heterocycles. The Balaban J connectivity index is 1.43. The minimum absolute atomic E-state index is 0.0680. The van der Waals surface area contributed by atoms with Crippen LogP contribution in [0.25, 0.3) is 0 Å². The number of methoxy groups -OCH3 is 1. The number of hydrogen-bond acceptors (Lipinski definition) is 6. The van der Waals surface area contributed by atoms with E-state index in [0.29, 0.717) is 60.4 Å². The molecule has 2 heterocycles. The van der Waals surface area contributed by atoms with Gasteiger partial charge in [-0.25, -0.2) is 4.98 Å². The number of piperidine rings is 1. The largest absolute Gasteiger partial charge is 0.469 e. The van der Waals surface area contributed by atoms with Crippen LogP contribution < -0.4 is 9.80 Å². The van der Waals surface area contributed by atoms with E-state index < -0.39 is 5.92 Å². The average Bonchev–Trinajstić information content (AvgIpc) is 3.08. The lowest BCUT2D eigenvalue weighted by atomic mass is 9.91. The molecule has 1 unspecified atom stereocenters. The monoisotopic (exact) mass is 406 g/mol. The Morgan fingerprint density at radius 2 is 1.97 bits per heavy atom. The van der Waals surface area contributed by atoms with Crippen LogP contribution in [0.2, 0.25) is 0 Å². The van der Waals surface area contributed by atoms with Gasteiger partial charge in [-0.1, -0.05) is 0 Å². The zero-order chi connectivity index (χ0) is 20.3. The first-order valence-corrected chi connectivity index (χ1v) is 10.7. The summed E-state index contributed by atoms with van der Waals surface area (Å²) in [5.41, 5.74) is 0.555. The van der Waals surface area contributed by atoms with Crippen molar-refractivity contribution in [2.45, 2.75) is 56.9 Å². The third kappa shape index (κ3) is 3.15. The number of aromatic nitrogens is 2. The minimum Gasteiger partial charge on any atom is -0.469 e. The van der Waals surface area contributed by atoms with Crippen LogP contribution in [0.3, 0.4) is 0 Å². The number of alkyl halides is 2. The van der Waals surface area contributed by atoms with Gasteiger partial charge in [0.1, 0.15) is 11.5 Å². The molecule has 3 aliphatic carbocycles. The van der Waals surface area contributed by atoms with Crippen LogP contribution in [0.15, 0.2) is 0 Å². The van der Waals surface area contributed by atoms with Gasteiger partial charge in [-0.3, -0.25) is 4.79 Å². The molecule has 0 bridgehead atoms. The van der Waals surface area contributed by atoms with Gasteiger partial charge in [0.05, 0.1) is 7.11 Å². The Bertz CT molecular complexity index is 817. The molecule has 1 aromatic rings. The average molecular weight is 406 g/mol. The first-order valence-electron chi connectivity index (χ1n) is 10.7. The molecule has 0 aromatic carbocycles. The molecule has 3 atom stereocenters. The SMILES string of the molecule is COC(=O)CC1[C@H]2CN(c3nc(N(C)C4CCC4)nc4c3CCCC4(F)F)C[C@@H]12. The van der Waals surface area contributed by atoms with Crippen LogP contribution in [-0.4, -0.2) is 49.2 Å². The number of rotatable bonds is 5. The number of ether oxygens (including phenoxy) is 1. The molecule has 1 aliphatic heterocycles. The first kappa shape index (κ1) is 19.0. The van der Waals surface area contributed by atoms with Crippen molar-refractivity contribution in [1.29, 1.82) is 0 Å². The van der Waals surface area contributed by atoms with E-state index in [-0.39, 0.29) is 18.1 Å². The maximum atomic E-state index is 14.8. The van der Waals surface area contributed by atoms with E-state index in [1.54, 1.807) is 0 Å². The van der Waals surface area contributed by atoms with Gasteiger partial charge < -0.3 is 14.5 Å². The van der Waals surface area contributed by atoms with Crippen LogP contribution in [0.5, 0.6) is 0 Å². The highest BCUT2D eigenvalue weighted by molar-refractivity contribution is 5.70. The molecule has 29 heavy (non-hydrogen) atoms. The van der Waals surface area contributed by atoms with Crippen LogP contribution in [0.4, 0.5) is 20.5 Å². The van der Waals surface area contributed by atoms with Gasteiger partial charge in [-0.05, 0) is 49.9 Å². The number of anilines is 2. The Morgan fingerprint density at radius 1 is 1.24 bits per heavy atom. The van der Waals surface area contributed by atoms with Crippen LogP contribution in [-0.2, 0) is 21.9 Å². The standard InChI is InChI=1S/C21H28F2N4O2/c1-26(12-5-3-6-12)20-24-18-13(7-4-8-21(18,22)23)19(25-20)27-10-15-14(16(15)11-27)9-17(28)29-2/h12,14-16H,3-11H2,1-2H3/t14?,15-,16+. The molecule has 0 radical (unpaired) electrons. The summed E-state index contributed by atoms with van der Waals surface area (Å²) in [6.07, 6.45) is 4.66. The second-order valence-corrected chi connectivity index (χ2v) is 9.10. The van der Waals surface area contributed by atoms with E-state index in [0.717, 1.165) is 25.9 Å². The maximum Gasteiger partial charge on any atom is 0.305 e. The van der Waals surface area contributed by atoms with Crippen molar-refractivity contribution in [2.24, 2.45) is 17.8 Å². The highest BCUT2D eigenvalue weighted by Crippen LogP contribution is 2.55. The normalized spacial score (nSPS) is 29.7. The summed E-state index contributed by atoms with van der Waals surface area (Å²) in [6, 6.07) is 0.342. The van der Waals surface area contributed by atoms with Gasteiger partial charge in [0.15, 0.2) is 0 Å². The van der Waals surface area contributed by atoms with Gasteiger partial charge in [0.2, 0.25) is 5.95 Å². The van der Waals surface area contributed by atoms with Crippen molar-refractivity contribution in [3.8, 4) is 0 Å². The van der Waals surface area contributed by atoms with Crippen molar-refractivity contribution in [3.63, 3.8) is 0 Å². The predicted octanol–water partition coefficient (Wildman–Crippen LogP) is 3.14. The third-order valence-corrected chi connectivity index (χ3v) is 7.48. The number of carbonyl (C=O) groups excluding carboxylic acids is 1.